The van der Waals surface area contributed by atoms with E-state index in [9.17, 15) is 9.90 Å². The lowest BCUT2D eigenvalue weighted by atomic mass is 9.87. The van der Waals surface area contributed by atoms with Gasteiger partial charge in [0, 0.05) is 24.5 Å². The van der Waals surface area contributed by atoms with Crippen LogP contribution >= 0.6 is 0 Å². The molecule has 1 aliphatic rings. The van der Waals surface area contributed by atoms with Crippen LogP contribution in [0.2, 0.25) is 0 Å². The molecule has 0 aromatic heterocycles. The van der Waals surface area contributed by atoms with Gasteiger partial charge in [-0.05, 0) is 29.8 Å². The van der Waals surface area contributed by atoms with Crippen LogP contribution in [0, 0.1) is 0 Å². The summed E-state index contributed by atoms with van der Waals surface area (Å²) in [5.74, 6) is 1.49. The lowest BCUT2D eigenvalue weighted by Crippen LogP contribution is -2.24. The number of aliphatic hydroxyl groups is 1. The molecule has 2 aromatic carbocycles. The summed E-state index contributed by atoms with van der Waals surface area (Å²) in [4.78, 5) is 11.1. The molecular weight excluding hydrogens is 324 g/mol. The number of hydrogen-bond acceptors (Lipinski definition) is 6. The molecule has 0 saturated heterocycles. The zero-order chi connectivity index (χ0) is 18.0. The summed E-state index contributed by atoms with van der Waals surface area (Å²) in [5.41, 5.74) is 1.54. The van der Waals surface area contributed by atoms with Crippen molar-refractivity contribution in [2.75, 3.05) is 20.8 Å². The van der Waals surface area contributed by atoms with Gasteiger partial charge in [0.2, 0.25) is 0 Å². The van der Waals surface area contributed by atoms with Gasteiger partial charge in [0.05, 0.1) is 26.9 Å². The monoisotopic (exact) mass is 344 g/mol. The van der Waals surface area contributed by atoms with Gasteiger partial charge in [0.1, 0.15) is 11.5 Å². The molecule has 0 fully saturated rings. The zero-order valence-electron chi connectivity index (χ0n) is 14.3. The Bertz CT molecular complexity index is 785. The normalized spacial score (nSPS) is 18.7. The fraction of sp³-hybridized carbons (Fsp3) is 0.316. The van der Waals surface area contributed by atoms with Crippen LogP contribution in [0.25, 0.3) is 0 Å². The van der Waals surface area contributed by atoms with Gasteiger partial charge < -0.3 is 24.1 Å². The number of carbonyl (C=O) groups excluding carboxylic acids is 1. The molecule has 3 rings (SSSR count). The molecule has 0 spiro atoms. The second-order valence-electron chi connectivity index (χ2n) is 5.77. The molecule has 6 nitrogen and oxygen atoms in total. The number of esters is 1. The average molecular weight is 344 g/mol. The van der Waals surface area contributed by atoms with Crippen LogP contribution in [0.1, 0.15) is 30.1 Å². The van der Waals surface area contributed by atoms with Gasteiger partial charge >= 0.3 is 5.97 Å². The van der Waals surface area contributed by atoms with Crippen LogP contribution in [0.4, 0.5) is 0 Å². The van der Waals surface area contributed by atoms with Crippen LogP contribution in [-0.4, -0.2) is 31.9 Å². The van der Waals surface area contributed by atoms with Crippen molar-refractivity contribution in [3.63, 3.8) is 0 Å². The molecular formula is C19H20O6. The van der Waals surface area contributed by atoms with E-state index in [4.69, 9.17) is 18.9 Å². The Kier molecular flexibility index (Phi) is 4.81. The molecule has 1 aliphatic heterocycles. The summed E-state index contributed by atoms with van der Waals surface area (Å²) in [6, 6.07) is 10.5. The van der Waals surface area contributed by atoms with Crippen LogP contribution in [0.3, 0.4) is 0 Å². The summed E-state index contributed by atoms with van der Waals surface area (Å²) in [7, 11) is 3.15. The maximum absolute atomic E-state index is 11.1. The molecule has 25 heavy (non-hydrogen) atoms. The molecule has 1 N–H and O–H groups in total. The molecule has 0 bridgehead atoms. The molecule has 0 radical (unpaired) electrons. The van der Waals surface area contributed by atoms with E-state index in [1.54, 1.807) is 38.5 Å². The summed E-state index contributed by atoms with van der Waals surface area (Å²) < 4.78 is 21.4. The molecule has 2 atom stereocenters. The third-order valence-electron chi connectivity index (χ3n) is 4.20. The van der Waals surface area contributed by atoms with Crippen LogP contribution < -0.4 is 18.9 Å². The molecule has 6 heteroatoms. The minimum Gasteiger partial charge on any atom is -0.493 e. The van der Waals surface area contributed by atoms with E-state index in [-0.39, 0.29) is 5.92 Å². The lowest BCUT2D eigenvalue weighted by molar-refractivity contribution is -0.131. The number of methoxy groups -OCH3 is 2. The summed E-state index contributed by atoms with van der Waals surface area (Å²) in [5, 5.41) is 10.8. The van der Waals surface area contributed by atoms with Crippen molar-refractivity contribution in [1.29, 1.82) is 0 Å². The van der Waals surface area contributed by atoms with Crippen molar-refractivity contribution in [1.82, 2.24) is 0 Å². The minimum atomic E-state index is -0.742. The maximum atomic E-state index is 11.1. The first-order valence-electron chi connectivity index (χ1n) is 7.88. The maximum Gasteiger partial charge on any atom is 0.308 e. The third kappa shape index (κ3) is 3.39. The summed E-state index contributed by atoms with van der Waals surface area (Å²) in [6.45, 7) is 1.63. The number of benzene rings is 2. The number of aliphatic hydroxyl groups excluding tert-OH is 1. The average Bonchev–Trinajstić information content (AvgIpc) is 2.61. The van der Waals surface area contributed by atoms with Crippen LogP contribution in [0.5, 0.6) is 23.0 Å². The largest absolute Gasteiger partial charge is 0.493 e. The smallest absolute Gasteiger partial charge is 0.308 e. The minimum absolute atomic E-state index is 0.244. The molecule has 0 amide bonds. The second kappa shape index (κ2) is 7.03. The highest BCUT2D eigenvalue weighted by atomic mass is 16.5. The number of hydrogen-bond donors (Lipinski definition) is 1. The van der Waals surface area contributed by atoms with E-state index >= 15 is 0 Å². The summed E-state index contributed by atoms with van der Waals surface area (Å²) >= 11 is 0. The molecule has 2 aromatic rings. The Balaban J connectivity index is 1.89. The molecule has 0 aliphatic carbocycles. The highest BCUT2D eigenvalue weighted by molar-refractivity contribution is 5.69. The standard InChI is InChI=1S/C19H20O6/c1-11(20)25-13-5-6-14-17(9-13)24-10-15(19(14)21)12-4-7-16(22-2)18(8-12)23-3/h4-9,15,19,21H,10H2,1-3H3/t15-,19+/m0/s1. The van der Waals surface area contributed by atoms with Gasteiger partial charge in [0.15, 0.2) is 11.5 Å². The van der Waals surface area contributed by atoms with Gasteiger partial charge in [0.25, 0.3) is 0 Å². The Morgan fingerprint density at radius 2 is 1.88 bits per heavy atom. The van der Waals surface area contributed by atoms with Crippen LogP contribution in [-0.2, 0) is 4.79 Å². The first-order valence-corrected chi connectivity index (χ1v) is 7.88. The predicted octanol–water partition coefficient (Wildman–Crippen LogP) is 2.84. The van der Waals surface area contributed by atoms with Crippen molar-refractivity contribution in [2.45, 2.75) is 18.9 Å². The van der Waals surface area contributed by atoms with E-state index in [1.807, 2.05) is 12.1 Å². The Morgan fingerprint density at radius 1 is 1.12 bits per heavy atom. The Morgan fingerprint density at radius 3 is 2.56 bits per heavy atom. The van der Waals surface area contributed by atoms with Gasteiger partial charge in [-0.1, -0.05) is 6.07 Å². The van der Waals surface area contributed by atoms with E-state index in [0.29, 0.717) is 35.2 Å². The fourth-order valence-electron chi connectivity index (χ4n) is 2.96. The van der Waals surface area contributed by atoms with E-state index < -0.39 is 12.1 Å². The number of rotatable bonds is 4. The van der Waals surface area contributed by atoms with Crippen molar-refractivity contribution in [3.8, 4) is 23.0 Å². The number of ether oxygens (including phenoxy) is 4. The first kappa shape index (κ1) is 17.1. The third-order valence-corrected chi connectivity index (χ3v) is 4.20. The fourth-order valence-corrected chi connectivity index (χ4v) is 2.96. The van der Waals surface area contributed by atoms with E-state index in [0.717, 1.165) is 5.56 Å². The van der Waals surface area contributed by atoms with Gasteiger partial charge in [-0.25, -0.2) is 0 Å². The number of carbonyl (C=O) groups is 1. The van der Waals surface area contributed by atoms with Gasteiger partial charge in [-0.2, -0.15) is 0 Å². The molecule has 132 valence electrons. The lowest BCUT2D eigenvalue weighted by Gasteiger charge is -2.31. The molecule has 1 heterocycles. The topological polar surface area (TPSA) is 74.2 Å². The number of fused-ring (bicyclic) bond motifs is 1. The highest BCUT2D eigenvalue weighted by Crippen LogP contribution is 2.43. The molecule has 0 saturated carbocycles. The summed E-state index contributed by atoms with van der Waals surface area (Å²) in [6.07, 6.45) is -0.742. The molecule has 0 unspecified atom stereocenters. The second-order valence-corrected chi connectivity index (χ2v) is 5.77. The van der Waals surface area contributed by atoms with Gasteiger partial charge in [-0.3, -0.25) is 4.79 Å². The SMILES string of the molecule is COc1ccc([C@@H]2COc3cc(OC(C)=O)ccc3[C@H]2O)cc1OC. The predicted molar refractivity (Wildman–Crippen MR) is 90.5 cm³/mol. The van der Waals surface area contributed by atoms with Crippen molar-refractivity contribution < 1.29 is 28.8 Å². The van der Waals surface area contributed by atoms with Crippen molar-refractivity contribution in [2.24, 2.45) is 0 Å². The highest BCUT2D eigenvalue weighted by Gasteiger charge is 2.31. The van der Waals surface area contributed by atoms with Crippen LogP contribution in [0.15, 0.2) is 36.4 Å². The zero-order valence-corrected chi connectivity index (χ0v) is 14.3. The van der Waals surface area contributed by atoms with Gasteiger partial charge in [-0.15, -0.1) is 0 Å². The first-order chi connectivity index (χ1) is 12.0. The van der Waals surface area contributed by atoms with Crippen molar-refractivity contribution >= 4 is 5.97 Å². The van der Waals surface area contributed by atoms with E-state index in [2.05, 4.69) is 0 Å². The quantitative estimate of drug-likeness (QED) is 0.679. The van der Waals surface area contributed by atoms with E-state index in [1.165, 1.54) is 6.92 Å². The Hall–Kier alpha value is -2.73. The Labute approximate surface area is 145 Å². The van der Waals surface area contributed by atoms with Crippen molar-refractivity contribution in [3.05, 3.63) is 47.5 Å².